The molecule has 1 unspecified atom stereocenters. The number of rotatable bonds is 6. The SMILES string of the molecule is CCS(=O)(=O)c1ccc(OC)c(-c2ccc(CC3CC=CCN3)[nH]2)c1.Cl. The Bertz CT molecular complexity index is 875. The molecule has 0 fully saturated rings. The molecular formula is C19H25ClN2O3S. The van der Waals surface area contributed by atoms with Crippen molar-refractivity contribution >= 4 is 22.2 Å². The zero-order valence-electron chi connectivity index (χ0n) is 15.0. The molecule has 1 aromatic carbocycles. The lowest BCUT2D eigenvalue weighted by atomic mass is 10.1. The van der Waals surface area contributed by atoms with Gasteiger partial charge in [-0.15, -0.1) is 12.4 Å². The summed E-state index contributed by atoms with van der Waals surface area (Å²) < 4.78 is 29.8. The Kier molecular flexibility index (Phi) is 6.92. The Hall–Kier alpha value is -1.76. The standard InChI is InChI=1S/C19H24N2O3S.ClH/c1-3-25(22,23)16-8-10-19(24-2)17(13-16)18-9-7-15(21-18)12-14-6-4-5-11-20-14;/h4-5,7-10,13-14,20-21H,3,6,11-12H2,1-2H3;1H. The van der Waals surface area contributed by atoms with Crippen LogP contribution in [0.25, 0.3) is 11.3 Å². The summed E-state index contributed by atoms with van der Waals surface area (Å²) in [5.41, 5.74) is 2.75. The Morgan fingerprint density at radius 2 is 2.00 bits per heavy atom. The van der Waals surface area contributed by atoms with Crippen LogP contribution in [0.15, 0.2) is 47.4 Å². The second kappa shape index (κ2) is 8.75. The summed E-state index contributed by atoms with van der Waals surface area (Å²) in [6, 6.07) is 9.46. The number of sulfone groups is 1. The second-order valence-electron chi connectivity index (χ2n) is 6.18. The summed E-state index contributed by atoms with van der Waals surface area (Å²) in [6.07, 6.45) is 6.26. The van der Waals surface area contributed by atoms with Gasteiger partial charge in [0.1, 0.15) is 5.75 Å². The molecule has 1 aromatic heterocycles. The zero-order valence-corrected chi connectivity index (χ0v) is 16.6. The average Bonchev–Trinajstić information content (AvgIpc) is 3.10. The van der Waals surface area contributed by atoms with Crippen molar-refractivity contribution in [1.82, 2.24) is 10.3 Å². The van der Waals surface area contributed by atoms with E-state index >= 15 is 0 Å². The van der Waals surface area contributed by atoms with E-state index in [1.165, 1.54) is 0 Å². The molecule has 0 radical (unpaired) electrons. The number of hydrogen-bond donors (Lipinski definition) is 2. The van der Waals surface area contributed by atoms with Crippen molar-refractivity contribution in [1.29, 1.82) is 0 Å². The van der Waals surface area contributed by atoms with Crippen molar-refractivity contribution in [2.75, 3.05) is 19.4 Å². The second-order valence-corrected chi connectivity index (χ2v) is 8.46. The van der Waals surface area contributed by atoms with Crippen molar-refractivity contribution in [2.24, 2.45) is 0 Å². The summed E-state index contributed by atoms with van der Waals surface area (Å²) in [5.74, 6) is 0.734. The molecule has 0 bridgehead atoms. The molecule has 3 rings (SSSR count). The number of hydrogen-bond acceptors (Lipinski definition) is 4. The lowest BCUT2D eigenvalue weighted by molar-refractivity contribution is 0.416. The number of H-pyrrole nitrogens is 1. The van der Waals surface area contributed by atoms with Crippen LogP contribution in [0.5, 0.6) is 5.75 Å². The third kappa shape index (κ3) is 4.50. The van der Waals surface area contributed by atoms with Crippen molar-refractivity contribution in [3.8, 4) is 17.0 Å². The van der Waals surface area contributed by atoms with Gasteiger partial charge in [0.2, 0.25) is 0 Å². The van der Waals surface area contributed by atoms with Crippen LogP contribution >= 0.6 is 12.4 Å². The average molecular weight is 397 g/mol. The number of aromatic nitrogens is 1. The molecule has 7 heteroatoms. The quantitative estimate of drug-likeness (QED) is 0.734. The Labute approximate surface area is 161 Å². The molecular weight excluding hydrogens is 372 g/mol. The minimum Gasteiger partial charge on any atom is -0.496 e. The fraction of sp³-hybridized carbons (Fsp3) is 0.368. The van der Waals surface area contributed by atoms with Gasteiger partial charge in [0.05, 0.1) is 17.8 Å². The smallest absolute Gasteiger partial charge is 0.178 e. The highest BCUT2D eigenvalue weighted by molar-refractivity contribution is 7.91. The summed E-state index contributed by atoms with van der Waals surface area (Å²) >= 11 is 0. The van der Waals surface area contributed by atoms with E-state index in [9.17, 15) is 8.42 Å². The number of halogens is 1. The maximum Gasteiger partial charge on any atom is 0.178 e. The van der Waals surface area contributed by atoms with Gasteiger partial charge in [-0.05, 0) is 36.8 Å². The highest BCUT2D eigenvalue weighted by atomic mass is 35.5. The Morgan fingerprint density at radius 3 is 2.65 bits per heavy atom. The minimum absolute atomic E-state index is 0. The molecule has 26 heavy (non-hydrogen) atoms. The fourth-order valence-electron chi connectivity index (χ4n) is 3.06. The summed E-state index contributed by atoms with van der Waals surface area (Å²) in [4.78, 5) is 3.73. The highest BCUT2D eigenvalue weighted by Crippen LogP contribution is 2.32. The van der Waals surface area contributed by atoms with E-state index in [-0.39, 0.29) is 18.2 Å². The van der Waals surface area contributed by atoms with E-state index in [4.69, 9.17) is 4.74 Å². The van der Waals surface area contributed by atoms with Gasteiger partial charge in [-0.1, -0.05) is 19.1 Å². The van der Waals surface area contributed by atoms with Gasteiger partial charge in [-0.25, -0.2) is 8.42 Å². The summed E-state index contributed by atoms with van der Waals surface area (Å²) in [5, 5.41) is 3.46. The molecule has 1 atom stereocenters. The van der Waals surface area contributed by atoms with Crippen LogP contribution in [0, 0.1) is 0 Å². The summed E-state index contributed by atoms with van der Waals surface area (Å²) in [7, 11) is -1.66. The first-order chi connectivity index (χ1) is 12.0. The molecule has 0 spiro atoms. The van der Waals surface area contributed by atoms with Crippen LogP contribution < -0.4 is 10.1 Å². The maximum absolute atomic E-state index is 12.2. The highest BCUT2D eigenvalue weighted by Gasteiger charge is 2.17. The van der Waals surface area contributed by atoms with E-state index in [2.05, 4.69) is 28.5 Å². The molecule has 2 aromatic rings. The van der Waals surface area contributed by atoms with Gasteiger partial charge in [-0.3, -0.25) is 0 Å². The molecule has 5 nitrogen and oxygen atoms in total. The monoisotopic (exact) mass is 396 g/mol. The van der Waals surface area contributed by atoms with E-state index in [1.807, 2.05) is 6.07 Å². The number of ether oxygens (including phenoxy) is 1. The van der Waals surface area contributed by atoms with Gasteiger partial charge in [-0.2, -0.15) is 0 Å². The number of aromatic amines is 1. The molecule has 0 amide bonds. The molecule has 2 heterocycles. The summed E-state index contributed by atoms with van der Waals surface area (Å²) in [6.45, 7) is 2.56. The topological polar surface area (TPSA) is 71.2 Å². The van der Waals surface area contributed by atoms with E-state index in [1.54, 1.807) is 32.2 Å². The molecule has 2 N–H and O–H groups in total. The van der Waals surface area contributed by atoms with Crippen LogP contribution in [0.1, 0.15) is 19.0 Å². The first-order valence-electron chi connectivity index (χ1n) is 8.51. The van der Waals surface area contributed by atoms with Gasteiger partial charge in [0.25, 0.3) is 0 Å². The van der Waals surface area contributed by atoms with Crippen LogP contribution in [0.3, 0.4) is 0 Å². The van der Waals surface area contributed by atoms with Crippen molar-refractivity contribution < 1.29 is 13.2 Å². The molecule has 0 saturated heterocycles. The first kappa shape index (κ1) is 20.6. The van der Waals surface area contributed by atoms with E-state index in [0.29, 0.717) is 16.7 Å². The normalized spacial score (nSPS) is 16.9. The van der Waals surface area contributed by atoms with Crippen molar-refractivity contribution in [3.63, 3.8) is 0 Å². The largest absolute Gasteiger partial charge is 0.496 e. The number of methoxy groups -OCH3 is 1. The minimum atomic E-state index is -3.26. The van der Waals surface area contributed by atoms with Crippen LogP contribution in [-0.2, 0) is 16.3 Å². The molecule has 1 aliphatic rings. The molecule has 142 valence electrons. The van der Waals surface area contributed by atoms with Crippen molar-refractivity contribution in [3.05, 3.63) is 48.2 Å². The van der Waals surface area contributed by atoms with Crippen LogP contribution in [0.2, 0.25) is 0 Å². The van der Waals surface area contributed by atoms with Crippen molar-refractivity contribution in [2.45, 2.75) is 30.7 Å². The van der Waals surface area contributed by atoms with E-state index < -0.39 is 9.84 Å². The number of benzene rings is 1. The van der Waals surface area contributed by atoms with Gasteiger partial charge in [0.15, 0.2) is 9.84 Å². The number of nitrogens with one attached hydrogen (secondary N) is 2. The van der Waals surface area contributed by atoms with Gasteiger partial charge in [0, 0.05) is 36.0 Å². The van der Waals surface area contributed by atoms with Crippen LogP contribution in [0.4, 0.5) is 0 Å². The van der Waals surface area contributed by atoms with Gasteiger partial charge >= 0.3 is 0 Å². The predicted molar refractivity (Wildman–Crippen MR) is 107 cm³/mol. The molecule has 0 saturated carbocycles. The maximum atomic E-state index is 12.2. The molecule has 1 aliphatic heterocycles. The lowest BCUT2D eigenvalue weighted by Crippen LogP contribution is -2.33. The third-order valence-corrected chi connectivity index (χ3v) is 6.26. The van der Waals surface area contributed by atoms with Gasteiger partial charge < -0.3 is 15.0 Å². The fourth-order valence-corrected chi connectivity index (χ4v) is 3.96. The molecule has 0 aliphatic carbocycles. The van der Waals surface area contributed by atoms with Crippen LogP contribution in [-0.4, -0.2) is 38.9 Å². The van der Waals surface area contributed by atoms with E-state index in [0.717, 1.165) is 36.3 Å². The lowest BCUT2D eigenvalue weighted by Gasteiger charge is -2.18. The predicted octanol–water partition coefficient (Wildman–Crippen LogP) is 3.37. The first-order valence-corrected chi connectivity index (χ1v) is 10.2. The third-order valence-electron chi connectivity index (χ3n) is 4.52. The Balaban J connectivity index is 0.00000243. The Morgan fingerprint density at radius 1 is 1.19 bits per heavy atom. The zero-order chi connectivity index (χ0) is 17.9.